The summed E-state index contributed by atoms with van der Waals surface area (Å²) in [4.78, 5) is 4.35. The molecule has 122 valence electrons. The van der Waals surface area contributed by atoms with Crippen LogP contribution in [0.3, 0.4) is 0 Å². The Balaban J connectivity index is 1.69. The highest BCUT2D eigenvalue weighted by Gasteiger charge is 2.21. The number of pyridine rings is 1. The SMILES string of the molecule is CCNc1cc(OC[C@@H]2CCN2)c(OC[C@@H]2CCN2)nc1Cl. The van der Waals surface area contributed by atoms with E-state index in [2.05, 4.69) is 20.9 Å². The van der Waals surface area contributed by atoms with E-state index in [1.54, 1.807) is 0 Å². The van der Waals surface area contributed by atoms with Crippen LogP contribution >= 0.6 is 11.6 Å². The molecule has 0 unspecified atom stereocenters. The minimum atomic E-state index is 0.398. The Morgan fingerprint density at radius 3 is 2.41 bits per heavy atom. The average Bonchev–Trinajstić information content (AvgIpc) is 2.39. The monoisotopic (exact) mass is 326 g/mol. The fourth-order valence-corrected chi connectivity index (χ4v) is 2.53. The van der Waals surface area contributed by atoms with Crippen LogP contribution in [0.1, 0.15) is 19.8 Å². The van der Waals surface area contributed by atoms with Crippen LogP contribution in [0, 0.1) is 0 Å². The Hall–Kier alpha value is -1.24. The van der Waals surface area contributed by atoms with Crippen LogP contribution in [-0.2, 0) is 0 Å². The average molecular weight is 327 g/mol. The predicted octanol–water partition coefficient (Wildman–Crippen LogP) is 1.65. The number of nitrogens with zero attached hydrogens (tertiary/aromatic N) is 1. The summed E-state index contributed by atoms with van der Waals surface area (Å²) in [5, 5.41) is 10.2. The van der Waals surface area contributed by atoms with E-state index in [0.717, 1.165) is 38.2 Å². The third-order valence-corrected chi connectivity index (χ3v) is 4.28. The van der Waals surface area contributed by atoms with Crippen molar-refractivity contribution >= 4 is 17.3 Å². The van der Waals surface area contributed by atoms with Crippen molar-refractivity contribution in [2.75, 3.05) is 38.2 Å². The minimum absolute atomic E-state index is 0.398. The molecule has 2 saturated heterocycles. The van der Waals surface area contributed by atoms with E-state index in [9.17, 15) is 0 Å². The van der Waals surface area contributed by atoms with Gasteiger partial charge < -0.3 is 25.4 Å². The van der Waals surface area contributed by atoms with Crippen LogP contribution in [0.15, 0.2) is 6.07 Å². The topological polar surface area (TPSA) is 67.4 Å². The number of anilines is 1. The van der Waals surface area contributed by atoms with Gasteiger partial charge in [-0.1, -0.05) is 11.6 Å². The van der Waals surface area contributed by atoms with Gasteiger partial charge in [0.1, 0.15) is 13.2 Å². The number of halogens is 1. The van der Waals surface area contributed by atoms with Gasteiger partial charge in [0.15, 0.2) is 10.9 Å². The van der Waals surface area contributed by atoms with Crippen molar-refractivity contribution in [3.05, 3.63) is 11.2 Å². The Morgan fingerprint density at radius 2 is 1.86 bits per heavy atom. The largest absolute Gasteiger partial charge is 0.486 e. The van der Waals surface area contributed by atoms with E-state index >= 15 is 0 Å². The van der Waals surface area contributed by atoms with Gasteiger partial charge in [0.25, 0.3) is 5.88 Å². The third kappa shape index (κ3) is 3.74. The maximum absolute atomic E-state index is 6.21. The molecule has 6 nitrogen and oxygen atoms in total. The predicted molar refractivity (Wildman–Crippen MR) is 87.2 cm³/mol. The van der Waals surface area contributed by atoms with Gasteiger partial charge in [0, 0.05) is 24.7 Å². The Morgan fingerprint density at radius 1 is 1.23 bits per heavy atom. The zero-order valence-corrected chi connectivity index (χ0v) is 13.6. The molecule has 1 aromatic heterocycles. The van der Waals surface area contributed by atoms with Crippen molar-refractivity contribution in [3.8, 4) is 11.6 Å². The molecule has 3 rings (SSSR count). The maximum Gasteiger partial charge on any atom is 0.258 e. The first-order valence-electron chi connectivity index (χ1n) is 7.93. The summed E-state index contributed by atoms with van der Waals surface area (Å²) in [5.74, 6) is 1.12. The van der Waals surface area contributed by atoms with E-state index in [-0.39, 0.29) is 0 Å². The van der Waals surface area contributed by atoms with Gasteiger partial charge in [0.2, 0.25) is 0 Å². The van der Waals surface area contributed by atoms with Crippen LogP contribution in [0.4, 0.5) is 5.69 Å². The van der Waals surface area contributed by atoms with E-state index in [1.807, 2.05) is 13.0 Å². The smallest absolute Gasteiger partial charge is 0.258 e. The zero-order chi connectivity index (χ0) is 15.4. The molecule has 0 aromatic carbocycles. The van der Waals surface area contributed by atoms with Crippen molar-refractivity contribution in [2.45, 2.75) is 31.8 Å². The molecule has 0 spiro atoms. The number of hydrogen-bond acceptors (Lipinski definition) is 6. The van der Waals surface area contributed by atoms with E-state index in [0.29, 0.717) is 42.1 Å². The molecule has 22 heavy (non-hydrogen) atoms. The Bertz CT molecular complexity index is 507. The summed E-state index contributed by atoms with van der Waals surface area (Å²) in [6.45, 7) is 6.11. The summed E-state index contributed by atoms with van der Waals surface area (Å²) >= 11 is 6.21. The molecule has 7 heteroatoms. The van der Waals surface area contributed by atoms with Crippen molar-refractivity contribution in [1.82, 2.24) is 15.6 Å². The number of ether oxygens (including phenoxy) is 2. The van der Waals surface area contributed by atoms with E-state index in [4.69, 9.17) is 21.1 Å². The van der Waals surface area contributed by atoms with Crippen molar-refractivity contribution in [1.29, 1.82) is 0 Å². The van der Waals surface area contributed by atoms with Gasteiger partial charge >= 0.3 is 0 Å². The lowest BCUT2D eigenvalue weighted by Crippen LogP contribution is -2.47. The second-order valence-electron chi connectivity index (χ2n) is 5.66. The number of hydrogen-bond donors (Lipinski definition) is 3. The molecule has 0 amide bonds. The second kappa shape index (κ2) is 7.35. The van der Waals surface area contributed by atoms with Crippen LogP contribution in [0.5, 0.6) is 11.6 Å². The van der Waals surface area contributed by atoms with Gasteiger partial charge in [-0.2, -0.15) is 4.98 Å². The van der Waals surface area contributed by atoms with Gasteiger partial charge in [-0.05, 0) is 32.9 Å². The van der Waals surface area contributed by atoms with Crippen molar-refractivity contribution < 1.29 is 9.47 Å². The Kier molecular flexibility index (Phi) is 5.23. The lowest BCUT2D eigenvalue weighted by molar-refractivity contribution is 0.183. The molecule has 0 saturated carbocycles. The van der Waals surface area contributed by atoms with Gasteiger partial charge in [-0.25, -0.2) is 0 Å². The fraction of sp³-hybridized carbons (Fsp3) is 0.667. The van der Waals surface area contributed by atoms with E-state index in [1.165, 1.54) is 0 Å². The quantitative estimate of drug-likeness (QED) is 0.631. The number of rotatable bonds is 8. The number of aromatic nitrogens is 1. The van der Waals surface area contributed by atoms with E-state index < -0.39 is 0 Å². The third-order valence-electron chi connectivity index (χ3n) is 3.99. The highest BCUT2D eigenvalue weighted by molar-refractivity contribution is 6.32. The molecule has 2 aliphatic heterocycles. The highest BCUT2D eigenvalue weighted by atomic mass is 35.5. The second-order valence-corrected chi connectivity index (χ2v) is 6.02. The molecule has 2 atom stereocenters. The molecule has 2 aliphatic rings. The van der Waals surface area contributed by atoms with Crippen molar-refractivity contribution in [3.63, 3.8) is 0 Å². The van der Waals surface area contributed by atoms with Crippen LogP contribution in [-0.4, -0.2) is 49.9 Å². The summed E-state index contributed by atoms with van der Waals surface area (Å²) in [6, 6.07) is 2.69. The van der Waals surface area contributed by atoms with Gasteiger partial charge in [0.05, 0.1) is 5.69 Å². The molecule has 0 aliphatic carbocycles. The van der Waals surface area contributed by atoms with Crippen LogP contribution < -0.4 is 25.4 Å². The van der Waals surface area contributed by atoms with Crippen LogP contribution in [0.2, 0.25) is 5.15 Å². The van der Waals surface area contributed by atoms with Crippen molar-refractivity contribution in [2.24, 2.45) is 0 Å². The normalized spacial score (nSPS) is 23.4. The lowest BCUT2D eigenvalue weighted by Gasteiger charge is -2.29. The van der Waals surface area contributed by atoms with Gasteiger partial charge in [-0.3, -0.25) is 0 Å². The molecular formula is C15H23ClN4O2. The van der Waals surface area contributed by atoms with Gasteiger partial charge in [-0.15, -0.1) is 0 Å². The first kappa shape index (κ1) is 15.6. The summed E-state index contributed by atoms with van der Waals surface area (Å²) in [6.07, 6.45) is 2.27. The number of nitrogens with one attached hydrogen (secondary N) is 3. The lowest BCUT2D eigenvalue weighted by atomic mass is 10.1. The molecular weight excluding hydrogens is 304 g/mol. The molecule has 1 aromatic rings. The highest BCUT2D eigenvalue weighted by Crippen LogP contribution is 2.33. The summed E-state index contributed by atoms with van der Waals surface area (Å²) in [5.41, 5.74) is 0.773. The maximum atomic E-state index is 6.21. The summed E-state index contributed by atoms with van der Waals surface area (Å²) < 4.78 is 11.7. The first-order valence-corrected chi connectivity index (χ1v) is 8.31. The molecule has 0 bridgehead atoms. The zero-order valence-electron chi connectivity index (χ0n) is 12.8. The Labute approximate surface area is 135 Å². The molecule has 3 N–H and O–H groups in total. The first-order chi connectivity index (χ1) is 10.8. The minimum Gasteiger partial charge on any atom is -0.486 e. The molecule has 3 heterocycles. The van der Waals surface area contributed by atoms with Crippen LogP contribution in [0.25, 0.3) is 0 Å². The summed E-state index contributed by atoms with van der Waals surface area (Å²) in [7, 11) is 0. The molecule has 0 radical (unpaired) electrons. The standard InChI is InChI=1S/C15H23ClN4O2/c1-2-17-12-7-13(21-8-10-3-5-18-10)15(20-14(12)16)22-9-11-4-6-19-11/h7,10-11,17-19H,2-6,8-9H2,1H3/t10-,11-/m0/s1. The fourth-order valence-electron chi connectivity index (χ4n) is 2.33. The molecule has 2 fully saturated rings.